The highest BCUT2D eigenvalue weighted by Crippen LogP contribution is 2.25. The molecule has 20 heavy (non-hydrogen) atoms. The van der Waals surface area contributed by atoms with E-state index in [1.807, 2.05) is 16.5 Å². The van der Waals surface area contributed by atoms with Gasteiger partial charge in [0, 0.05) is 26.1 Å². The van der Waals surface area contributed by atoms with Gasteiger partial charge in [0.25, 0.3) is 0 Å². The molecule has 1 aromatic heterocycles. The summed E-state index contributed by atoms with van der Waals surface area (Å²) in [6.07, 6.45) is 6.63. The normalized spacial score (nSPS) is 20.9. The highest BCUT2D eigenvalue weighted by atomic mass is 16.2. The minimum absolute atomic E-state index is 0.0883. The number of nitrogens with zero attached hydrogens (tertiary/aromatic N) is 4. The van der Waals surface area contributed by atoms with Crippen LogP contribution in [0.3, 0.4) is 0 Å². The van der Waals surface area contributed by atoms with Crippen LogP contribution in [-0.4, -0.2) is 44.7 Å². The van der Waals surface area contributed by atoms with Crippen molar-refractivity contribution in [1.82, 2.24) is 19.7 Å². The van der Waals surface area contributed by atoms with Gasteiger partial charge in [-0.05, 0) is 19.3 Å². The Hall–Kier alpha value is -1.43. The van der Waals surface area contributed by atoms with Gasteiger partial charge in [0.1, 0.15) is 12.2 Å². The van der Waals surface area contributed by atoms with Crippen molar-refractivity contribution in [2.24, 2.45) is 12.8 Å². The average molecular weight is 279 g/mol. The molecule has 0 radical (unpaired) electrons. The van der Waals surface area contributed by atoms with Crippen LogP contribution in [0, 0.1) is 0 Å². The number of carbonyl (C=O) groups is 1. The number of hydrogen-bond acceptors (Lipinski definition) is 4. The average Bonchev–Trinajstić information content (AvgIpc) is 2.90. The first-order chi connectivity index (χ1) is 9.63. The van der Waals surface area contributed by atoms with E-state index in [9.17, 15) is 4.79 Å². The highest BCUT2D eigenvalue weighted by molar-refractivity contribution is 5.81. The van der Waals surface area contributed by atoms with E-state index in [0.717, 1.165) is 44.5 Å². The number of aromatic nitrogens is 3. The van der Waals surface area contributed by atoms with Crippen LogP contribution in [-0.2, 0) is 11.8 Å². The summed E-state index contributed by atoms with van der Waals surface area (Å²) >= 11 is 0. The Labute approximate surface area is 120 Å². The zero-order chi connectivity index (χ0) is 14.5. The third-order valence-electron chi connectivity index (χ3n) is 4.03. The molecule has 1 saturated heterocycles. The maximum atomic E-state index is 12.4. The molecular formula is C14H25N5O. The number of rotatable bonds is 5. The van der Waals surface area contributed by atoms with Crippen LogP contribution in [0.5, 0.6) is 0 Å². The van der Waals surface area contributed by atoms with E-state index in [1.165, 1.54) is 0 Å². The topological polar surface area (TPSA) is 77.0 Å². The number of nitrogens with two attached hydrogens (primary N) is 1. The van der Waals surface area contributed by atoms with Crippen LogP contribution in [0.4, 0.5) is 0 Å². The maximum Gasteiger partial charge on any atom is 0.239 e. The monoisotopic (exact) mass is 279 g/mol. The van der Waals surface area contributed by atoms with Gasteiger partial charge >= 0.3 is 0 Å². The third-order valence-corrected chi connectivity index (χ3v) is 4.03. The van der Waals surface area contributed by atoms with E-state index in [2.05, 4.69) is 17.1 Å². The van der Waals surface area contributed by atoms with E-state index in [-0.39, 0.29) is 17.9 Å². The van der Waals surface area contributed by atoms with Crippen molar-refractivity contribution in [3.8, 4) is 0 Å². The zero-order valence-electron chi connectivity index (χ0n) is 12.5. The van der Waals surface area contributed by atoms with Crippen LogP contribution < -0.4 is 5.73 Å². The van der Waals surface area contributed by atoms with Crippen molar-refractivity contribution in [1.29, 1.82) is 0 Å². The van der Waals surface area contributed by atoms with Crippen LogP contribution >= 0.6 is 0 Å². The van der Waals surface area contributed by atoms with Gasteiger partial charge in [-0.25, -0.2) is 0 Å². The van der Waals surface area contributed by atoms with Gasteiger partial charge in [0.05, 0.1) is 6.04 Å². The summed E-state index contributed by atoms with van der Waals surface area (Å²) in [5.74, 6) is 1.33. The van der Waals surface area contributed by atoms with Crippen molar-refractivity contribution in [3.63, 3.8) is 0 Å². The van der Waals surface area contributed by atoms with Gasteiger partial charge in [0.15, 0.2) is 0 Å². The molecule has 0 aliphatic carbocycles. The number of amides is 1. The molecule has 2 atom stereocenters. The van der Waals surface area contributed by atoms with Gasteiger partial charge in [-0.3, -0.25) is 4.79 Å². The molecule has 1 fully saturated rings. The third kappa shape index (κ3) is 3.36. The van der Waals surface area contributed by atoms with E-state index < -0.39 is 0 Å². The fourth-order valence-corrected chi connectivity index (χ4v) is 2.83. The van der Waals surface area contributed by atoms with Crippen molar-refractivity contribution in [3.05, 3.63) is 12.2 Å². The summed E-state index contributed by atoms with van der Waals surface area (Å²) in [7, 11) is 1.95. The largest absolute Gasteiger partial charge is 0.341 e. The Morgan fingerprint density at radius 1 is 1.60 bits per heavy atom. The molecule has 0 spiro atoms. The lowest BCUT2D eigenvalue weighted by Crippen LogP contribution is -2.47. The lowest BCUT2D eigenvalue weighted by atomic mass is 9.96. The quantitative estimate of drug-likeness (QED) is 0.873. The lowest BCUT2D eigenvalue weighted by Gasteiger charge is -2.33. The lowest BCUT2D eigenvalue weighted by molar-refractivity contribution is -0.134. The summed E-state index contributed by atoms with van der Waals surface area (Å²) in [6.45, 7) is 3.64. The first kappa shape index (κ1) is 15.0. The molecule has 112 valence electrons. The van der Waals surface area contributed by atoms with Crippen LogP contribution in [0.15, 0.2) is 6.33 Å². The molecule has 1 amide bonds. The molecule has 1 aliphatic rings. The van der Waals surface area contributed by atoms with Crippen molar-refractivity contribution in [2.75, 3.05) is 13.1 Å². The molecular weight excluding hydrogens is 254 g/mol. The van der Waals surface area contributed by atoms with Crippen LogP contribution in [0.25, 0.3) is 0 Å². The van der Waals surface area contributed by atoms with Gasteiger partial charge in [-0.1, -0.05) is 19.8 Å². The molecule has 1 aromatic rings. The standard InChI is InChI=1S/C14H25N5O/c1-3-4-7-12(15)14(20)19-8-5-6-11(9-19)13-17-16-10-18(13)2/h10-12H,3-9,15H2,1-2H3/t11?,12-/m0/s1. The Bertz CT molecular complexity index is 445. The Balaban J connectivity index is 1.96. The van der Waals surface area contributed by atoms with Crippen molar-refractivity contribution >= 4 is 5.91 Å². The summed E-state index contributed by atoms with van der Waals surface area (Å²) in [4.78, 5) is 14.3. The van der Waals surface area contributed by atoms with Gasteiger partial charge in [-0.2, -0.15) is 0 Å². The predicted octanol–water partition coefficient (Wildman–Crippen LogP) is 1.04. The first-order valence-corrected chi connectivity index (χ1v) is 7.51. The van der Waals surface area contributed by atoms with Crippen molar-refractivity contribution in [2.45, 2.75) is 51.0 Å². The second kappa shape index (κ2) is 6.83. The molecule has 2 heterocycles. The zero-order valence-corrected chi connectivity index (χ0v) is 12.5. The Morgan fingerprint density at radius 2 is 2.40 bits per heavy atom. The van der Waals surface area contributed by atoms with E-state index in [1.54, 1.807) is 6.33 Å². The second-order valence-corrected chi connectivity index (χ2v) is 5.67. The number of likely N-dealkylation sites (tertiary alicyclic amines) is 1. The SMILES string of the molecule is CCCC[C@H](N)C(=O)N1CCCC(c2nncn2C)C1. The molecule has 2 N–H and O–H groups in total. The van der Waals surface area contributed by atoms with Gasteiger partial charge in [-0.15, -0.1) is 10.2 Å². The second-order valence-electron chi connectivity index (χ2n) is 5.67. The molecule has 6 nitrogen and oxygen atoms in total. The molecule has 0 saturated carbocycles. The maximum absolute atomic E-state index is 12.4. The number of unbranched alkanes of at least 4 members (excludes halogenated alkanes) is 1. The number of aryl methyl sites for hydroxylation is 1. The Morgan fingerprint density at radius 3 is 3.05 bits per heavy atom. The van der Waals surface area contributed by atoms with Gasteiger partial charge < -0.3 is 15.2 Å². The number of carbonyl (C=O) groups excluding carboxylic acids is 1. The predicted molar refractivity (Wildman–Crippen MR) is 77.1 cm³/mol. The van der Waals surface area contributed by atoms with E-state index >= 15 is 0 Å². The van der Waals surface area contributed by atoms with E-state index in [4.69, 9.17) is 5.73 Å². The summed E-state index contributed by atoms with van der Waals surface area (Å²) in [5.41, 5.74) is 6.00. The Kier molecular flexibility index (Phi) is 5.11. The minimum Gasteiger partial charge on any atom is -0.341 e. The van der Waals surface area contributed by atoms with Crippen molar-refractivity contribution < 1.29 is 4.79 Å². The van der Waals surface area contributed by atoms with E-state index in [0.29, 0.717) is 6.54 Å². The fourth-order valence-electron chi connectivity index (χ4n) is 2.83. The summed E-state index contributed by atoms with van der Waals surface area (Å²) < 4.78 is 1.94. The summed E-state index contributed by atoms with van der Waals surface area (Å²) in [5, 5.41) is 8.10. The van der Waals surface area contributed by atoms with Crippen LogP contribution in [0.1, 0.15) is 50.8 Å². The number of piperidine rings is 1. The minimum atomic E-state index is -0.354. The molecule has 1 unspecified atom stereocenters. The molecule has 2 rings (SSSR count). The van der Waals surface area contributed by atoms with Crippen LogP contribution in [0.2, 0.25) is 0 Å². The molecule has 6 heteroatoms. The first-order valence-electron chi connectivity index (χ1n) is 7.51. The fraction of sp³-hybridized carbons (Fsp3) is 0.786. The summed E-state index contributed by atoms with van der Waals surface area (Å²) in [6, 6.07) is -0.354. The number of hydrogen-bond donors (Lipinski definition) is 1. The van der Waals surface area contributed by atoms with Gasteiger partial charge in [0.2, 0.25) is 5.91 Å². The highest BCUT2D eigenvalue weighted by Gasteiger charge is 2.29. The molecule has 0 aromatic carbocycles. The molecule has 0 bridgehead atoms. The molecule has 1 aliphatic heterocycles. The smallest absolute Gasteiger partial charge is 0.239 e.